The van der Waals surface area contributed by atoms with Gasteiger partial charge in [-0.2, -0.15) is 0 Å². The molecule has 0 aromatic rings. The smallest absolute Gasteiger partial charge is 0.161 e. The minimum atomic E-state index is -0.613. The van der Waals surface area contributed by atoms with Crippen LogP contribution in [0.3, 0.4) is 0 Å². The highest BCUT2D eigenvalue weighted by molar-refractivity contribution is 5.83. The maximum atomic E-state index is 12.3. The van der Waals surface area contributed by atoms with Crippen LogP contribution in [0.1, 0.15) is 64.7 Å². The van der Waals surface area contributed by atoms with Crippen molar-refractivity contribution in [1.82, 2.24) is 0 Å². The van der Waals surface area contributed by atoms with Crippen molar-refractivity contribution in [2.75, 3.05) is 20.3 Å². The number of hydrogen-bond acceptors (Lipinski definition) is 4. The summed E-state index contributed by atoms with van der Waals surface area (Å²) in [6.07, 6.45) is 9.91. The second-order valence-electron chi connectivity index (χ2n) is 10.1. The Balaban J connectivity index is 1.50. The molecule has 4 fully saturated rings. The number of carbonyl (C=O) groups is 1. The molecule has 0 amide bonds. The molecule has 0 saturated heterocycles. The van der Waals surface area contributed by atoms with Crippen LogP contribution < -0.4 is 0 Å². The fraction of sp³-hybridized carbons (Fsp3) is 0.955. The summed E-state index contributed by atoms with van der Waals surface area (Å²) in [5.41, 5.74) is -0.503. The number of carbonyl (C=O) groups excluding carboxylic acids is 1. The first kappa shape index (κ1) is 18.9. The highest BCUT2D eigenvalue weighted by Crippen LogP contribution is 2.64. The lowest BCUT2D eigenvalue weighted by Crippen LogP contribution is -2.52. The highest BCUT2D eigenvalue weighted by atomic mass is 16.5. The largest absolute Gasteiger partial charge is 0.389 e. The summed E-state index contributed by atoms with van der Waals surface area (Å²) >= 11 is 0. The van der Waals surface area contributed by atoms with E-state index in [0.717, 1.165) is 49.9 Å². The summed E-state index contributed by atoms with van der Waals surface area (Å²) in [6.45, 7) is 2.52. The minimum absolute atomic E-state index is 0.0735. The Morgan fingerprint density at radius 3 is 2.54 bits per heavy atom. The number of aliphatic hydroxyl groups is 2. The molecule has 4 aliphatic carbocycles. The fourth-order valence-corrected chi connectivity index (χ4v) is 8.00. The highest BCUT2D eigenvalue weighted by Gasteiger charge is 2.58. The molecule has 0 bridgehead atoms. The second-order valence-corrected chi connectivity index (χ2v) is 10.1. The summed E-state index contributed by atoms with van der Waals surface area (Å²) in [7, 11) is 1.69. The third kappa shape index (κ3) is 2.87. The molecule has 4 unspecified atom stereocenters. The molecule has 0 heterocycles. The number of Topliss-reactive ketones (excluding diaryl/α,β-unsaturated/α-hetero) is 1. The van der Waals surface area contributed by atoms with Gasteiger partial charge in [-0.15, -0.1) is 0 Å². The van der Waals surface area contributed by atoms with Crippen molar-refractivity contribution in [2.45, 2.75) is 70.3 Å². The van der Waals surface area contributed by atoms with Gasteiger partial charge in [-0.1, -0.05) is 6.92 Å². The molecule has 0 radical (unpaired) electrons. The minimum Gasteiger partial charge on any atom is -0.389 e. The summed E-state index contributed by atoms with van der Waals surface area (Å²) in [5.74, 6) is 3.73. The van der Waals surface area contributed by atoms with Crippen LogP contribution in [0.2, 0.25) is 0 Å². The van der Waals surface area contributed by atoms with E-state index < -0.39 is 5.60 Å². The first-order chi connectivity index (χ1) is 12.4. The molecular formula is C22H36O4. The predicted molar refractivity (Wildman–Crippen MR) is 99.5 cm³/mol. The predicted octanol–water partition coefficient (Wildman–Crippen LogP) is 3.19. The van der Waals surface area contributed by atoms with Gasteiger partial charge in [0.05, 0.1) is 12.2 Å². The van der Waals surface area contributed by atoms with Gasteiger partial charge in [-0.25, -0.2) is 0 Å². The van der Waals surface area contributed by atoms with E-state index in [1.165, 1.54) is 25.7 Å². The van der Waals surface area contributed by atoms with Crippen LogP contribution in [0.25, 0.3) is 0 Å². The molecular weight excluding hydrogens is 328 g/mol. The molecule has 0 spiro atoms. The van der Waals surface area contributed by atoms with Gasteiger partial charge in [0.2, 0.25) is 0 Å². The van der Waals surface area contributed by atoms with Crippen molar-refractivity contribution >= 4 is 5.78 Å². The first-order valence-corrected chi connectivity index (χ1v) is 10.8. The molecule has 4 heteroatoms. The van der Waals surface area contributed by atoms with Crippen molar-refractivity contribution in [3.8, 4) is 0 Å². The Bertz CT molecular complexity index is 548. The van der Waals surface area contributed by atoms with Gasteiger partial charge in [0, 0.05) is 13.0 Å². The number of methoxy groups -OCH3 is 1. The second kappa shape index (κ2) is 6.86. The van der Waals surface area contributed by atoms with Crippen LogP contribution in [-0.4, -0.2) is 41.9 Å². The van der Waals surface area contributed by atoms with Crippen LogP contribution in [0.5, 0.6) is 0 Å². The number of fused-ring (bicyclic) bond motifs is 5. The van der Waals surface area contributed by atoms with Gasteiger partial charge >= 0.3 is 0 Å². The number of ketones is 1. The molecule has 26 heavy (non-hydrogen) atoms. The molecule has 0 aliphatic heterocycles. The molecule has 0 aromatic carbocycles. The lowest BCUT2D eigenvalue weighted by molar-refractivity contribution is -0.138. The Morgan fingerprint density at radius 1 is 1.04 bits per heavy atom. The average Bonchev–Trinajstić information content (AvgIpc) is 2.98. The van der Waals surface area contributed by atoms with Crippen molar-refractivity contribution in [1.29, 1.82) is 0 Å². The summed E-state index contributed by atoms with van der Waals surface area (Å²) in [6, 6.07) is 0. The number of aliphatic hydroxyl groups excluding tert-OH is 1. The van der Waals surface area contributed by atoms with Crippen LogP contribution in [0.15, 0.2) is 0 Å². The van der Waals surface area contributed by atoms with E-state index in [0.29, 0.717) is 18.4 Å². The van der Waals surface area contributed by atoms with Crippen LogP contribution >= 0.6 is 0 Å². The Morgan fingerprint density at radius 2 is 1.81 bits per heavy atom. The standard InChI is InChI=1S/C22H36O4/c1-21-9-7-16-15-8-10-22(25,13-26-2)11-14(15)3-4-17(16)18(21)5-6-19(21)20(24)12-23/h14-19,23,25H,3-13H2,1-2H3/t14-,15?,16+,17?,18-,19?,21?,22-/m0/s1. The lowest BCUT2D eigenvalue weighted by atomic mass is 9.49. The van der Waals surface area contributed by atoms with Crippen molar-refractivity contribution in [3.63, 3.8) is 0 Å². The molecule has 148 valence electrons. The molecule has 8 atom stereocenters. The summed E-state index contributed by atoms with van der Waals surface area (Å²) in [4.78, 5) is 12.3. The zero-order valence-corrected chi connectivity index (χ0v) is 16.5. The first-order valence-electron chi connectivity index (χ1n) is 10.8. The molecule has 2 N–H and O–H groups in total. The van der Waals surface area contributed by atoms with Gasteiger partial charge in [-0.05, 0) is 92.8 Å². The quantitative estimate of drug-likeness (QED) is 0.804. The maximum Gasteiger partial charge on any atom is 0.161 e. The van der Waals surface area contributed by atoms with Crippen molar-refractivity contribution in [2.24, 2.45) is 40.9 Å². The van der Waals surface area contributed by atoms with E-state index in [9.17, 15) is 15.0 Å². The topological polar surface area (TPSA) is 66.8 Å². The Labute approximate surface area is 157 Å². The van der Waals surface area contributed by atoms with E-state index >= 15 is 0 Å². The molecule has 4 aliphatic rings. The zero-order chi connectivity index (χ0) is 18.5. The normalized spacial score (nSPS) is 50.6. The number of ether oxygens (including phenoxy) is 1. The molecule has 0 aromatic heterocycles. The van der Waals surface area contributed by atoms with Crippen LogP contribution in [0, 0.1) is 40.9 Å². The summed E-state index contributed by atoms with van der Waals surface area (Å²) < 4.78 is 5.28. The summed E-state index contributed by atoms with van der Waals surface area (Å²) in [5, 5.41) is 20.2. The Hall–Kier alpha value is -0.450. The third-order valence-corrected chi connectivity index (χ3v) is 9.06. The van der Waals surface area contributed by atoms with Gasteiger partial charge in [0.25, 0.3) is 0 Å². The molecule has 4 nitrogen and oxygen atoms in total. The van der Waals surface area contributed by atoms with E-state index in [4.69, 9.17) is 4.74 Å². The van der Waals surface area contributed by atoms with Crippen LogP contribution in [0.4, 0.5) is 0 Å². The fourth-order valence-electron chi connectivity index (χ4n) is 8.00. The third-order valence-electron chi connectivity index (χ3n) is 9.06. The number of hydrogen-bond donors (Lipinski definition) is 2. The van der Waals surface area contributed by atoms with Crippen molar-refractivity contribution < 1.29 is 19.7 Å². The van der Waals surface area contributed by atoms with Gasteiger partial charge < -0.3 is 14.9 Å². The lowest BCUT2D eigenvalue weighted by Gasteiger charge is -2.57. The van der Waals surface area contributed by atoms with E-state index in [-0.39, 0.29) is 23.7 Å². The van der Waals surface area contributed by atoms with E-state index in [2.05, 4.69) is 6.92 Å². The zero-order valence-electron chi connectivity index (χ0n) is 16.5. The Kier molecular flexibility index (Phi) is 4.98. The van der Waals surface area contributed by atoms with Crippen molar-refractivity contribution in [3.05, 3.63) is 0 Å². The van der Waals surface area contributed by atoms with Crippen LogP contribution in [-0.2, 0) is 9.53 Å². The van der Waals surface area contributed by atoms with E-state index in [1.54, 1.807) is 7.11 Å². The SMILES string of the molecule is COC[C@]1(O)CCC2[C@@H](CCC3[C@@H]2CCC2(C)C(C(=O)CO)CC[C@@H]32)C1. The van der Waals surface area contributed by atoms with Gasteiger partial charge in [0.1, 0.15) is 6.61 Å². The maximum absolute atomic E-state index is 12.3. The van der Waals surface area contributed by atoms with E-state index in [1.807, 2.05) is 0 Å². The molecule has 4 saturated carbocycles. The average molecular weight is 365 g/mol. The van der Waals surface area contributed by atoms with Gasteiger partial charge in [0.15, 0.2) is 5.78 Å². The number of rotatable bonds is 4. The monoisotopic (exact) mass is 364 g/mol. The van der Waals surface area contributed by atoms with Gasteiger partial charge in [-0.3, -0.25) is 4.79 Å². The molecule has 4 rings (SSSR count).